The first kappa shape index (κ1) is 17.3. The molecule has 0 aromatic carbocycles. The third-order valence-electron chi connectivity index (χ3n) is 3.58. The van der Waals surface area contributed by atoms with Gasteiger partial charge in [-0.15, -0.1) is 0 Å². The molecule has 9 heteroatoms. The maximum Gasteiger partial charge on any atom is 0.341 e. The lowest BCUT2D eigenvalue weighted by atomic mass is 10.2. The number of aliphatic hydroxyl groups is 1. The number of hydrogen-bond donors (Lipinski definition) is 3. The summed E-state index contributed by atoms with van der Waals surface area (Å²) in [6.45, 7) is 6.05. The van der Waals surface area contributed by atoms with Gasteiger partial charge in [-0.05, 0) is 13.8 Å². The van der Waals surface area contributed by atoms with Crippen LogP contribution in [0.3, 0.4) is 0 Å². The maximum atomic E-state index is 12.6. The Morgan fingerprint density at radius 3 is 2.67 bits per heavy atom. The van der Waals surface area contributed by atoms with Gasteiger partial charge in [0.25, 0.3) is 0 Å². The molecule has 0 amide bonds. The van der Waals surface area contributed by atoms with Crippen molar-refractivity contribution in [1.29, 1.82) is 0 Å². The number of aliphatic hydroxyl groups excluding tert-OH is 1. The van der Waals surface area contributed by atoms with Crippen molar-refractivity contribution in [2.75, 3.05) is 39.4 Å². The molecule has 2 fully saturated rings. The average molecular weight is 323 g/mol. The van der Waals surface area contributed by atoms with Crippen LogP contribution in [0.15, 0.2) is 0 Å². The summed E-state index contributed by atoms with van der Waals surface area (Å²) in [5.41, 5.74) is 5.87. The molecule has 2 aliphatic heterocycles. The minimum atomic E-state index is -3.41. The van der Waals surface area contributed by atoms with E-state index in [0.29, 0.717) is 19.6 Å². The first-order chi connectivity index (χ1) is 9.90. The van der Waals surface area contributed by atoms with Gasteiger partial charge in [-0.2, -0.15) is 0 Å². The smallest absolute Gasteiger partial charge is 0.341 e. The number of hydrogen-bond acceptors (Lipinski definition) is 6. The lowest BCUT2D eigenvalue weighted by molar-refractivity contribution is -0.0808. The van der Waals surface area contributed by atoms with Gasteiger partial charge in [0, 0.05) is 26.2 Å². The molecular weight excluding hydrogens is 297 g/mol. The van der Waals surface area contributed by atoms with Gasteiger partial charge in [0.15, 0.2) is 0 Å². The van der Waals surface area contributed by atoms with E-state index < -0.39 is 7.67 Å². The predicted octanol–water partition coefficient (Wildman–Crippen LogP) is -0.472. The quantitative estimate of drug-likeness (QED) is 0.583. The Bertz CT molecular complexity index is 386. The van der Waals surface area contributed by atoms with E-state index in [1.54, 1.807) is 4.67 Å². The van der Waals surface area contributed by atoms with E-state index in [-0.39, 0.29) is 37.6 Å². The fourth-order valence-corrected chi connectivity index (χ4v) is 4.00. The Kier molecular flexibility index (Phi) is 6.16. The van der Waals surface area contributed by atoms with E-state index in [4.69, 9.17) is 19.5 Å². The molecule has 2 saturated heterocycles. The zero-order chi connectivity index (χ0) is 15.5. The molecule has 21 heavy (non-hydrogen) atoms. The van der Waals surface area contributed by atoms with Crippen LogP contribution < -0.4 is 10.8 Å². The fourth-order valence-electron chi connectivity index (χ4n) is 2.59. The minimum Gasteiger partial charge on any atom is -0.394 e. The molecule has 0 bridgehead atoms. The van der Waals surface area contributed by atoms with Crippen LogP contribution in [-0.2, 0) is 18.6 Å². The zero-order valence-corrected chi connectivity index (χ0v) is 13.5. The highest BCUT2D eigenvalue weighted by Gasteiger charge is 2.36. The molecule has 5 atom stereocenters. The predicted molar refractivity (Wildman–Crippen MR) is 77.9 cm³/mol. The molecule has 2 heterocycles. The summed E-state index contributed by atoms with van der Waals surface area (Å²) in [7, 11) is -3.41. The summed E-state index contributed by atoms with van der Waals surface area (Å²) in [4.78, 5) is 0. The molecule has 0 aliphatic carbocycles. The van der Waals surface area contributed by atoms with E-state index >= 15 is 0 Å². The second kappa shape index (κ2) is 7.48. The Hall–Kier alpha value is -0.0500. The van der Waals surface area contributed by atoms with Crippen LogP contribution in [0, 0.1) is 0 Å². The van der Waals surface area contributed by atoms with Crippen LogP contribution in [0.4, 0.5) is 0 Å². The van der Waals surface area contributed by atoms with E-state index in [9.17, 15) is 9.67 Å². The topological polar surface area (TPSA) is 106 Å². The summed E-state index contributed by atoms with van der Waals surface area (Å²) in [6, 6.07) is 0. The summed E-state index contributed by atoms with van der Waals surface area (Å²) in [6.07, 6.45) is -0.588. The summed E-state index contributed by atoms with van der Waals surface area (Å²) >= 11 is 0. The molecule has 2 aliphatic rings. The molecule has 4 N–H and O–H groups in total. The molecule has 0 saturated carbocycles. The maximum absolute atomic E-state index is 12.6. The van der Waals surface area contributed by atoms with Gasteiger partial charge in [0.05, 0.1) is 37.6 Å². The number of morpholine rings is 2. The lowest BCUT2D eigenvalue weighted by Crippen LogP contribution is -2.48. The van der Waals surface area contributed by atoms with Gasteiger partial charge in [-0.25, -0.2) is 10.2 Å². The Labute approximate surface area is 125 Å². The van der Waals surface area contributed by atoms with Crippen LogP contribution in [0.25, 0.3) is 0 Å². The monoisotopic (exact) mass is 323 g/mol. The summed E-state index contributed by atoms with van der Waals surface area (Å²) in [5.74, 6) is 0. The van der Waals surface area contributed by atoms with Crippen molar-refractivity contribution in [2.24, 2.45) is 5.50 Å². The van der Waals surface area contributed by atoms with Crippen molar-refractivity contribution in [2.45, 2.75) is 38.3 Å². The molecule has 0 aromatic rings. The largest absolute Gasteiger partial charge is 0.394 e. The third kappa shape index (κ3) is 4.97. The van der Waals surface area contributed by atoms with E-state index in [0.717, 1.165) is 6.54 Å². The van der Waals surface area contributed by atoms with Crippen LogP contribution in [0.2, 0.25) is 0 Å². The second-order valence-electron chi connectivity index (χ2n) is 5.71. The van der Waals surface area contributed by atoms with Gasteiger partial charge >= 0.3 is 7.67 Å². The summed E-state index contributed by atoms with van der Waals surface area (Å²) in [5, 5.41) is 12.4. The van der Waals surface area contributed by atoms with Crippen molar-refractivity contribution in [3.63, 3.8) is 0 Å². The molecule has 8 nitrogen and oxygen atoms in total. The van der Waals surface area contributed by atoms with Crippen molar-refractivity contribution >= 4 is 7.67 Å². The van der Waals surface area contributed by atoms with E-state index in [1.165, 1.54) is 0 Å². The summed E-state index contributed by atoms with van der Waals surface area (Å²) < 4.78 is 30.8. The molecule has 0 aromatic heterocycles. The fraction of sp³-hybridized carbons (Fsp3) is 1.00. The molecule has 124 valence electrons. The molecule has 5 unspecified atom stereocenters. The SMILES string of the molecule is CC1CNCC(COP(N)(=O)N2CC(C)OC(CO)C2)O1. The van der Waals surface area contributed by atoms with Crippen molar-refractivity contribution in [1.82, 2.24) is 9.99 Å². The average Bonchev–Trinajstić information content (AvgIpc) is 2.44. The van der Waals surface area contributed by atoms with Crippen LogP contribution in [0.5, 0.6) is 0 Å². The first-order valence-electron chi connectivity index (χ1n) is 7.31. The molecule has 0 spiro atoms. The Morgan fingerprint density at radius 1 is 1.29 bits per heavy atom. The van der Waals surface area contributed by atoms with Gasteiger partial charge in [-0.1, -0.05) is 0 Å². The van der Waals surface area contributed by atoms with Crippen molar-refractivity contribution < 1.29 is 23.7 Å². The molecule has 0 radical (unpaired) electrons. The first-order valence-corrected chi connectivity index (χ1v) is 8.96. The standard InChI is InChI=1S/C12H26N3O5P/c1-9-3-14-4-11(19-9)8-18-21(13,17)15-5-10(2)20-12(6-15)7-16/h9-12,14,16H,3-8H2,1-2H3,(H2,13,17). The van der Waals surface area contributed by atoms with E-state index in [2.05, 4.69) is 5.32 Å². The van der Waals surface area contributed by atoms with E-state index in [1.807, 2.05) is 13.8 Å². The Morgan fingerprint density at radius 2 is 2.00 bits per heavy atom. The second-order valence-corrected chi connectivity index (χ2v) is 7.66. The number of nitrogens with zero attached hydrogens (tertiary/aromatic N) is 1. The van der Waals surface area contributed by atoms with Crippen LogP contribution >= 0.6 is 7.67 Å². The normalized spacial score (nSPS) is 38.1. The number of nitrogens with two attached hydrogens (primary N) is 1. The van der Waals surface area contributed by atoms with Crippen LogP contribution in [-0.4, -0.2) is 73.6 Å². The number of nitrogens with one attached hydrogen (secondary N) is 1. The van der Waals surface area contributed by atoms with Crippen molar-refractivity contribution in [3.8, 4) is 0 Å². The van der Waals surface area contributed by atoms with Crippen LogP contribution in [0.1, 0.15) is 13.8 Å². The van der Waals surface area contributed by atoms with Gasteiger partial charge < -0.3 is 24.4 Å². The van der Waals surface area contributed by atoms with Crippen molar-refractivity contribution in [3.05, 3.63) is 0 Å². The zero-order valence-electron chi connectivity index (χ0n) is 12.6. The minimum absolute atomic E-state index is 0.103. The molecular formula is C12H26N3O5P. The highest BCUT2D eigenvalue weighted by Crippen LogP contribution is 2.44. The third-order valence-corrected chi connectivity index (χ3v) is 5.21. The van der Waals surface area contributed by atoms with Gasteiger partial charge in [0.2, 0.25) is 0 Å². The van der Waals surface area contributed by atoms with Gasteiger partial charge in [-0.3, -0.25) is 4.57 Å². The lowest BCUT2D eigenvalue weighted by Gasteiger charge is -2.38. The highest BCUT2D eigenvalue weighted by molar-refractivity contribution is 7.53. The van der Waals surface area contributed by atoms with Gasteiger partial charge in [0.1, 0.15) is 0 Å². The Balaban J connectivity index is 1.86. The number of rotatable bonds is 5. The molecule has 2 rings (SSSR count). The number of ether oxygens (including phenoxy) is 2. The highest BCUT2D eigenvalue weighted by atomic mass is 31.2.